The van der Waals surface area contributed by atoms with E-state index in [-0.39, 0.29) is 24.0 Å². The first kappa shape index (κ1) is 24.7. The van der Waals surface area contributed by atoms with E-state index in [0.29, 0.717) is 25.1 Å². The second-order valence-corrected chi connectivity index (χ2v) is 9.69. The Morgan fingerprint density at radius 3 is 2.55 bits per heavy atom. The zero-order valence-electron chi connectivity index (χ0n) is 18.4. The van der Waals surface area contributed by atoms with Crippen LogP contribution in [-0.2, 0) is 26.2 Å². The number of rotatable bonds is 8. The Kier molecular flexibility index (Phi) is 8.40. The van der Waals surface area contributed by atoms with Crippen molar-refractivity contribution in [2.24, 2.45) is 0 Å². The first-order chi connectivity index (χ1) is 15.8. The van der Waals surface area contributed by atoms with Crippen LogP contribution in [0.3, 0.4) is 0 Å². The van der Waals surface area contributed by atoms with Crippen LogP contribution in [0.15, 0.2) is 53.4 Å². The summed E-state index contributed by atoms with van der Waals surface area (Å²) >= 11 is 0. The molecule has 0 aromatic heterocycles. The first-order valence-electron chi connectivity index (χ1n) is 10.8. The minimum atomic E-state index is -3.78. The maximum Gasteiger partial charge on any atom is 0.309 e. The minimum Gasteiger partial charge on any atom is -0.497 e. The highest BCUT2D eigenvalue weighted by Gasteiger charge is 2.33. The number of hydrogen-bond acceptors (Lipinski definition) is 5. The smallest absolute Gasteiger partial charge is 0.309 e. The number of amides is 2. The number of halogens is 1. The molecule has 0 saturated carbocycles. The molecule has 0 radical (unpaired) electrons. The highest BCUT2D eigenvalue weighted by Crippen LogP contribution is 2.27. The van der Waals surface area contributed by atoms with Gasteiger partial charge >= 0.3 is 11.8 Å². The molecule has 33 heavy (non-hydrogen) atoms. The number of carbonyl (C=O) groups is 2. The summed E-state index contributed by atoms with van der Waals surface area (Å²) in [4.78, 5) is 24.3. The zero-order valence-corrected chi connectivity index (χ0v) is 19.2. The molecule has 2 N–H and O–H groups in total. The summed E-state index contributed by atoms with van der Waals surface area (Å²) in [5.74, 6) is -1.39. The van der Waals surface area contributed by atoms with Gasteiger partial charge in [-0.05, 0) is 61.2 Å². The van der Waals surface area contributed by atoms with Crippen molar-refractivity contribution in [3.05, 3.63) is 59.9 Å². The van der Waals surface area contributed by atoms with E-state index >= 15 is 0 Å². The highest BCUT2D eigenvalue weighted by atomic mass is 32.2. The van der Waals surface area contributed by atoms with Crippen molar-refractivity contribution in [2.75, 3.05) is 20.2 Å². The molecule has 10 heteroatoms. The number of hydrogen-bond donors (Lipinski definition) is 2. The summed E-state index contributed by atoms with van der Waals surface area (Å²) in [6, 6.07) is 11.6. The second kappa shape index (κ2) is 11.2. The molecule has 1 aliphatic rings. The largest absolute Gasteiger partial charge is 0.497 e. The van der Waals surface area contributed by atoms with Crippen LogP contribution in [-0.4, -0.2) is 50.8 Å². The summed E-state index contributed by atoms with van der Waals surface area (Å²) in [5, 5.41) is 5.12. The Labute approximate surface area is 193 Å². The molecular formula is C23H28FN3O5S. The van der Waals surface area contributed by atoms with Crippen LogP contribution in [0.5, 0.6) is 5.75 Å². The average Bonchev–Trinajstić information content (AvgIpc) is 2.83. The third-order valence-corrected chi connectivity index (χ3v) is 7.52. The topological polar surface area (TPSA) is 105 Å². The monoisotopic (exact) mass is 477 g/mol. The van der Waals surface area contributed by atoms with Crippen LogP contribution in [0.1, 0.15) is 31.2 Å². The van der Waals surface area contributed by atoms with Crippen molar-refractivity contribution < 1.29 is 27.1 Å². The molecule has 0 spiro atoms. The van der Waals surface area contributed by atoms with E-state index in [1.54, 1.807) is 31.4 Å². The third kappa shape index (κ3) is 6.52. The molecule has 1 saturated heterocycles. The third-order valence-electron chi connectivity index (χ3n) is 5.55. The molecule has 2 amide bonds. The number of methoxy groups -OCH3 is 1. The average molecular weight is 478 g/mol. The molecule has 2 aromatic rings. The Morgan fingerprint density at radius 1 is 1.09 bits per heavy atom. The molecule has 0 bridgehead atoms. The number of sulfonamides is 1. The lowest BCUT2D eigenvalue weighted by molar-refractivity contribution is -0.139. The van der Waals surface area contributed by atoms with Gasteiger partial charge in [-0.25, -0.2) is 12.8 Å². The highest BCUT2D eigenvalue weighted by molar-refractivity contribution is 7.89. The van der Waals surface area contributed by atoms with Gasteiger partial charge in [0.25, 0.3) is 0 Å². The number of nitrogens with zero attached hydrogens (tertiary/aromatic N) is 1. The first-order valence-corrected chi connectivity index (χ1v) is 12.2. The molecule has 178 valence electrons. The van der Waals surface area contributed by atoms with E-state index in [2.05, 4.69) is 10.6 Å². The summed E-state index contributed by atoms with van der Waals surface area (Å²) in [5.41, 5.74) is 0.791. The Hall–Kier alpha value is -2.98. The van der Waals surface area contributed by atoms with E-state index in [0.717, 1.165) is 30.5 Å². The van der Waals surface area contributed by atoms with E-state index in [9.17, 15) is 22.4 Å². The van der Waals surface area contributed by atoms with Gasteiger partial charge in [0.15, 0.2) is 0 Å². The fourth-order valence-corrected chi connectivity index (χ4v) is 5.52. The van der Waals surface area contributed by atoms with Crippen LogP contribution in [0.2, 0.25) is 0 Å². The number of carbonyl (C=O) groups excluding carboxylic acids is 2. The Balaban J connectivity index is 1.51. The van der Waals surface area contributed by atoms with E-state index < -0.39 is 27.7 Å². The summed E-state index contributed by atoms with van der Waals surface area (Å²) < 4.78 is 45.8. The molecule has 3 rings (SSSR count). The SMILES string of the molecule is COc1cccc(CNC(=O)C(=O)NCCC2CCCCN2S(=O)(=O)c2ccc(F)cc2)c1. The van der Waals surface area contributed by atoms with Gasteiger partial charge in [0.05, 0.1) is 12.0 Å². The van der Waals surface area contributed by atoms with E-state index in [1.165, 1.54) is 16.4 Å². The van der Waals surface area contributed by atoms with Crippen molar-refractivity contribution in [2.45, 2.75) is 43.2 Å². The van der Waals surface area contributed by atoms with Gasteiger partial charge in [-0.15, -0.1) is 0 Å². The molecule has 1 atom stereocenters. The molecule has 1 heterocycles. The van der Waals surface area contributed by atoms with Gasteiger partial charge in [-0.2, -0.15) is 4.31 Å². The van der Waals surface area contributed by atoms with E-state index in [4.69, 9.17) is 4.74 Å². The van der Waals surface area contributed by atoms with Crippen molar-refractivity contribution in [3.63, 3.8) is 0 Å². The van der Waals surface area contributed by atoms with Crippen molar-refractivity contribution in [1.82, 2.24) is 14.9 Å². The Bertz CT molecular complexity index is 1080. The fourth-order valence-electron chi connectivity index (χ4n) is 3.80. The maximum atomic E-state index is 13.2. The maximum absolute atomic E-state index is 13.2. The normalized spacial score (nSPS) is 16.7. The number of nitrogens with one attached hydrogen (secondary N) is 2. The Morgan fingerprint density at radius 2 is 1.82 bits per heavy atom. The van der Waals surface area contributed by atoms with Crippen LogP contribution in [0.25, 0.3) is 0 Å². The predicted octanol–water partition coefficient (Wildman–Crippen LogP) is 2.20. The van der Waals surface area contributed by atoms with Crippen molar-refractivity contribution >= 4 is 21.8 Å². The van der Waals surface area contributed by atoms with Gasteiger partial charge in [-0.3, -0.25) is 9.59 Å². The number of ether oxygens (including phenoxy) is 1. The molecule has 8 nitrogen and oxygen atoms in total. The molecular weight excluding hydrogens is 449 g/mol. The van der Waals surface area contributed by atoms with Crippen LogP contribution in [0, 0.1) is 5.82 Å². The quantitative estimate of drug-likeness (QED) is 0.567. The summed E-state index contributed by atoms with van der Waals surface area (Å²) in [6.07, 6.45) is 2.62. The van der Waals surface area contributed by atoms with Gasteiger partial charge in [0, 0.05) is 25.7 Å². The molecule has 1 fully saturated rings. The lowest BCUT2D eigenvalue weighted by Gasteiger charge is -2.34. The van der Waals surface area contributed by atoms with E-state index in [1.807, 2.05) is 0 Å². The van der Waals surface area contributed by atoms with Crippen LogP contribution in [0.4, 0.5) is 4.39 Å². The standard InChI is InChI=1S/C23H28FN3O5S/c1-32-20-7-4-5-17(15-20)16-26-23(29)22(28)25-13-12-19-6-2-3-14-27(19)33(30,31)21-10-8-18(24)9-11-21/h4-5,7-11,15,19H,2-3,6,12-14,16H2,1H3,(H,25,28)(H,26,29). The number of benzene rings is 2. The molecule has 1 unspecified atom stereocenters. The fraction of sp³-hybridized carbons (Fsp3) is 0.391. The molecule has 1 aliphatic heterocycles. The molecule has 0 aliphatic carbocycles. The minimum absolute atomic E-state index is 0.0387. The zero-order chi connectivity index (χ0) is 23.8. The van der Waals surface area contributed by atoms with Crippen molar-refractivity contribution in [1.29, 1.82) is 0 Å². The van der Waals surface area contributed by atoms with Crippen LogP contribution < -0.4 is 15.4 Å². The van der Waals surface area contributed by atoms with Gasteiger partial charge in [0.2, 0.25) is 10.0 Å². The second-order valence-electron chi connectivity index (χ2n) is 7.80. The summed E-state index contributed by atoms with van der Waals surface area (Å²) in [6.45, 7) is 0.695. The summed E-state index contributed by atoms with van der Waals surface area (Å²) in [7, 11) is -2.23. The predicted molar refractivity (Wildman–Crippen MR) is 120 cm³/mol. The van der Waals surface area contributed by atoms with Crippen molar-refractivity contribution in [3.8, 4) is 5.75 Å². The van der Waals surface area contributed by atoms with Gasteiger partial charge in [-0.1, -0.05) is 18.6 Å². The lowest BCUT2D eigenvalue weighted by atomic mass is 10.0. The number of piperidine rings is 1. The van der Waals surface area contributed by atoms with Crippen LogP contribution >= 0.6 is 0 Å². The lowest BCUT2D eigenvalue weighted by Crippen LogP contribution is -2.46. The van der Waals surface area contributed by atoms with Gasteiger partial charge in [0.1, 0.15) is 11.6 Å². The van der Waals surface area contributed by atoms with Gasteiger partial charge < -0.3 is 15.4 Å². The molecule has 2 aromatic carbocycles.